The molecule has 27 heavy (non-hydrogen) atoms. The molecule has 0 N–H and O–H groups in total. The fourth-order valence-corrected chi connectivity index (χ4v) is 3.88. The van der Waals surface area contributed by atoms with Crippen molar-refractivity contribution in [3.63, 3.8) is 0 Å². The van der Waals surface area contributed by atoms with E-state index < -0.39 is 11.6 Å². The van der Waals surface area contributed by atoms with Crippen molar-refractivity contribution < 1.29 is 23.5 Å². The smallest absolute Gasteiger partial charge is 0.360 e. The van der Waals surface area contributed by atoms with Crippen LogP contribution in [0.25, 0.3) is 0 Å². The third-order valence-corrected chi connectivity index (χ3v) is 5.29. The first-order valence-corrected chi connectivity index (χ1v) is 9.15. The third-order valence-electron chi connectivity index (χ3n) is 5.29. The maximum absolute atomic E-state index is 12.6. The van der Waals surface area contributed by atoms with Gasteiger partial charge in [-0.2, -0.15) is 0 Å². The van der Waals surface area contributed by atoms with E-state index in [1.165, 1.54) is 13.4 Å². The number of Topliss-reactive ketones (excluding diaryl/α,β-unsaturated/α-hetero) is 1. The van der Waals surface area contributed by atoms with Crippen LogP contribution in [0.4, 0.5) is 0 Å². The largest absolute Gasteiger partial charge is 0.486 e. The van der Waals surface area contributed by atoms with Gasteiger partial charge in [-0.1, -0.05) is 12.1 Å². The minimum Gasteiger partial charge on any atom is -0.486 e. The summed E-state index contributed by atoms with van der Waals surface area (Å²) >= 11 is 0. The number of benzene rings is 1. The number of fused-ring (bicyclic) bond motifs is 1. The monoisotopic (exact) mass is 370 g/mol. The summed E-state index contributed by atoms with van der Waals surface area (Å²) in [6, 6.07) is 7.47. The molecule has 7 heteroatoms. The van der Waals surface area contributed by atoms with E-state index in [4.69, 9.17) is 9.15 Å². The standard InChI is InChI=1S/C20H22N2O5/c1-25-19(24)15-13-26-18(21-15)12-22-9-4-7-20(8-10-22)11-16(23)14-5-2-3-6-17(14)27-20/h2-3,5-6,13H,4,7-12H2,1H3. The fourth-order valence-electron chi connectivity index (χ4n) is 3.88. The number of methoxy groups -OCH3 is 1. The van der Waals surface area contributed by atoms with Crippen molar-refractivity contribution in [2.24, 2.45) is 0 Å². The Labute approximate surface area is 157 Å². The Bertz CT molecular complexity index is 862. The molecule has 0 saturated carbocycles. The second-order valence-corrected chi connectivity index (χ2v) is 7.13. The number of nitrogens with zero attached hydrogens (tertiary/aromatic N) is 2. The van der Waals surface area contributed by atoms with Gasteiger partial charge >= 0.3 is 5.97 Å². The molecule has 2 aliphatic rings. The Kier molecular flexibility index (Phi) is 4.70. The van der Waals surface area contributed by atoms with Crippen molar-refractivity contribution in [2.45, 2.75) is 37.8 Å². The van der Waals surface area contributed by atoms with Gasteiger partial charge in [-0.25, -0.2) is 9.78 Å². The molecule has 0 bridgehead atoms. The number of ether oxygens (including phenoxy) is 2. The van der Waals surface area contributed by atoms with Crippen molar-refractivity contribution in [3.05, 3.63) is 47.7 Å². The van der Waals surface area contributed by atoms with Crippen LogP contribution in [0, 0.1) is 0 Å². The lowest BCUT2D eigenvalue weighted by atomic mass is 9.84. The quantitative estimate of drug-likeness (QED) is 0.768. The van der Waals surface area contributed by atoms with Gasteiger partial charge in [-0.15, -0.1) is 0 Å². The number of esters is 1. The van der Waals surface area contributed by atoms with E-state index >= 15 is 0 Å². The van der Waals surface area contributed by atoms with Gasteiger partial charge in [-0.05, 0) is 31.5 Å². The van der Waals surface area contributed by atoms with Crippen molar-refractivity contribution >= 4 is 11.8 Å². The molecular weight excluding hydrogens is 348 g/mol. The summed E-state index contributed by atoms with van der Waals surface area (Å²) in [5.74, 6) is 0.822. The molecule has 1 atom stereocenters. The van der Waals surface area contributed by atoms with E-state index in [1.807, 2.05) is 24.3 Å². The van der Waals surface area contributed by atoms with Crippen molar-refractivity contribution in [1.29, 1.82) is 0 Å². The van der Waals surface area contributed by atoms with Crippen LogP contribution in [0.5, 0.6) is 5.75 Å². The lowest BCUT2D eigenvalue weighted by Gasteiger charge is -2.37. The summed E-state index contributed by atoms with van der Waals surface area (Å²) in [4.78, 5) is 30.5. The molecule has 1 aromatic carbocycles. The molecule has 0 amide bonds. The fraction of sp³-hybridized carbons (Fsp3) is 0.450. The molecule has 2 aromatic rings. The summed E-state index contributed by atoms with van der Waals surface area (Å²) in [5, 5.41) is 0. The van der Waals surface area contributed by atoms with Gasteiger partial charge in [-0.3, -0.25) is 9.69 Å². The second kappa shape index (κ2) is 7.15. The number of hydrogen-bond donors (Lipinski definition) is 0. The van der Waals surface area contributed by atoms with Crippen molar-refractivity contribution in [2.75, 3.05) is 20.2 Å². The zero-order valence-electron chi connectivity index (χ0n) is 15.3. The zero-order chi connectivity index (χ0) is 18.9. The van der Waals surface area contributed by atoms with Gasteiger partial charge in [0.2, 0.25) is 5.89 Å². The van der Waals surface area contributed by atoms with Crippen LogP contribution in [0.15, 0.2) is 34.9 Å². The number of carbonyl (C=O) groups excluding carboxylic acids is 2. The van der Waals surface area contributed by atoms with Crippen LogP contribution < -0.4 is 4.74 Å². The van der Waals surface area contributed by atoms with E-state index in [0.29, 0.717) is 30.2 Å². The normalized spacial score (nSPS) is 22.8. The predicted octanol–water partition coefficient (Wildman–Crippen LogP) is 2.85. The Balaban J connectivity index is 1.43. The summed E-state index contributed by atoms with van der Waals surface area (Å²) in [7, 11) is 1.31. The topological polar surface area (TPSA) is 81.9 Å². The number of oxazole rings is 1. The molecule has 0 radical (unpaired) electrons. The summed E-state index contributed by atoms with van der Waals surface area (Å²) in [5.41, 5.74) is 0.421. The lowest BCUT2D eigenvalue weighted by Crippen LogP contribution is -2.42. The van der Waals surface area contributed by atoms with E-state index in [1.54, 1.807) is 0 Å². The van der Waals surface area contributed by atoms with Gasteiger partial charge in [0.25, 0.3) is 0 Å². The van der Waals surface area contributed by atoms with Crippen LogP contribution in [0.2, 0.25) is 0 Å². The van der Waals surface area contributed by atoms with Crippen LogP contribution in [0.3, 0.4) is 0 Å². The summed E-state index contributed by atoms with van der Waals surface area (Å²) in [6.07, 6.45) is 4.25. The molecule has 1 unspecified atom stereocenters. The minimum atomic E-state index is -0.507. The van der Waals surface area contributed by atoms with Gasteiger partial charge in [0.15, 0.2) is 11.5 Å². The van der Waals surface area contributed by atoms with E-state index in [-0.39, 0.29) is 11.5 Å². The van der Waals surface area contributed by atoms with Gasteiger partial charge in [0, 0.05) is 13.0 Å². The SMILES string of the molecule is COC(=O)c1coc(CN2CCCC3(CC2)CC(=O)c2ccccc2O3)n1. The van der Waals surface area contributed by atoms with Crippen LogP contribution in [-0.4, -0.2) is 47.4 Å². The molecule has 0 aliphatic carbocycles. The van der Waals surface area contributed by atoms with E-state index in [9.17, 15) is 9.59 Å². The first kappa shape index (κ1) is 17.7. The van der Waals surface area contributed by atoms with Crippen LogP contribution >= 0.6 is 0 Å². The predicted molar refractivity (Wildman–Crippen MR) is 95.7 cm³/mol. The lowest BCUT2D eigenvalue weighted by molar-refractivity contribution is 0.0297. The van der Waals surface area contributed by atoms with E-state index in [0.717, 1.165) is 32.4 Å². The van der Waals surface area contributed by atoms with E-state index in [2.05, 4.69) is 14.6 Å². The van der Waals surface area contributed by atoms with Crippen LogP contribution in [0.1, 0.15) is 52.4 Å². The highest BCUT2D eigenvalue weighted by Crippen LogP contribution is 2.39. The summed E-state index contributed by atoms with van der Waals surface area (Å²) < 4.78 is 16.4. The van der Waals surface area contributed by atoms with Gasteiger partial charge in [0.1, 0.15) is 17.6 Å². The highest BCUT2D eigenvalue weighted by molar-refractivity contribution is 6.00. The maximum Gasteiger partial charge on any atom is 0.360 e. The zero-order valence-corrected chi connectivity index (χ0v) is 15.3. The van der Waals surface area contributed by atoms with Gasteiger partial charge < -0.3 is 13.9 Å². The Hall–Kier alpha value is -2.67. The first-order chi connectivity index (χ1) is 13.1. The third kappa shape index (κ3) is 3.60. The van der Waals surface area contributed by atoms with Gasteiger partial charge in [0.05, 0.1) is 25.6 Å². The number of hydrogen-bond acceptors (Lipinski definition) is 7. The molecule has 1 saturated heterocycles. The number of para-hydroxylation sites is 1. The van der Waals surface area contributed by atoms with Crippen molar-refractivity contribution in [1.82, 2.24) is 9.88 Å². The molecule has 1 spiro atoms. The maximum atomic E-state index is 12.6. The average Bonchev–Trinajstić information content (AvgIpc) is 3.06. The Morgan fingerprint density at radius 2 is 2.15 bits per heavy atom. The molecule has 4 rings (SSSR count). The first-order valence-electron chi connectivity index (χ1n) is 9.15. The number of carbonyl (C=O) groups is 2. The molecule has 1 aromatic heterocycles. The number of aromatic nitrogens is 1. The van der Waals surface area contributed by atoms with Crippen LogP contribution in [-0.2, 0) is 11.3 Å². The molecular formula is C20H22N2O5. The molecule has 142 valence electrons. The Morgan fingerprint density at radius 3 is 3.00 bits per heavy atom. The molecule has 1 fully saturated rings. The van der Waals surface area contributed by atoms with Crippen molar-refractivity contribution in [3.8, 4) is 5.75 Å². The number of likely N-dealkylation sites (tertiary alicyclic amines) is 1. The molecule has 7 nitrogen and oxygen atoms in total. The Morgan fingerprint density at radius 1 is 1.30 bits per heavy atom. The number of rotatable bonds is 3. The molecule has 3 heterocycles. The second-order valence-electron chi connectivity index (χ2n) is 7.13. The highest BCUT2D eigenvalue weighted by Gasteiger charge is 2.41. The molecule has 2 aliphatic heterocycles. The minimum absolute atomic E-state index is 0.153. The number of ketones is 1. The summed E-state index contributed by atoms with van der Waals surface area (Å²) in [6.45, 7) is 2.14. The average molecular weight is 370 g/mol. The highest BCUT2D eigenvalue weighted by atomic mass is 16.5.